The highest BCUT2D eigenvalue weighted by Crippen LogP contribution is 2.44. The van der Waals surface area contributed by atoms with E-state index in [2.05, 4.69) is 202 Å². The fraction of sp³-hybridized carbons (Fsp3) is 0. The summed E-state index contributed by atoms with van der Waals surface area (Å²) < 4.78 is 13.4. The van der Waals surface area contributed by atoms with Gasteiger partial charge in [-0.1, -0.05) is 158 Å². The van der Waals surface area contributed by atoms with Crippen molar-refractivity contribution in [3.05, 3.63) is 231 Å². The molecule has 15 aromatic rings. The van der Waals surface area contributed by atoms with Crippen LogP contribution in [0.15, 0.2) is 235 Å². The predicted molar refractivity (Wildman–Crippen MR) is 286 cm³/mol. The predicted octanol–water partition coefficient (Wildman–Crippen LogP) is 16.1. The van der Waals surface area contributed by atoms with Crippen LogP contribution in [0.2, 0.25) is 0 Å². The quantitative estimate of drug-likeness (QED) is 0.167. The van der Waals surface area contributed by atoms with Gasteiger partial charge in [-0.3, -0.25) is 4.57 Å². The van der Waals surface area contributed by atoms with E-state index in [0.717, 1.165) is 110 Å². The average Bonchev–Trinajstić information content (AvgIpc) is 4.17. The van der Waals surface area contributed by atoms with Crippen LogP contribution in [-0.2, 0) is 0 Å². The third-order valence-electron chi connectivity index (χ3n) is 14.1. The molecule has 0 unspecified atom stereocenters. The standard InChI is InChI=1S/C63H38N6O/c1-3-16-39(17-4-1)41-20-15-21-43(36-41)68-55-28-13-9-24-47(55)49-32-33-50-51-38-44(67-53-26-11-7-22-45(53)46-23-8-12-27-54(46)67)31-34-56(51)69(60(50)59(49)68)63-65-61(40-18-5-2-6-19-40)64-62(66-63)42-30-35-58-52(37-42)48-25-10-14-29-57(48)70-58/h1-38H. The summed E-state index contributed by atoms with van der Waals surface area (Å²) in [5.74, 6) is 1.67. The normalized spacial score (nSPS) is 12.0. The van der Waals surface area contributed by atoms with E-state index in [4.69, 9.17) is 19.4 Å². The third-order valence-corrected chi connectivity index (χ3v) is 14.1. The number of nitrogens with zero attached hydrogens (tertiary/aromatic N) is 6. The lowest BCUT2D eigenvalue weighted by Crippen LogP contribution is -2.07. The van der Waals surface area contributed by atoms with E-state index >= 15 is 0 Å². The van der Waals surface area contributed by atoms with Gasteiger partial charge in [-0.2, -0.15) is 9.97 Å². The Balaban J connectivity index is 1.08. The monoisotopic (exact) mass is 894 g/mol. The van der Waals surface area contributed by atoms with Crippen molar-refractivity contribution >= 4 is 87.4 Å². The molecule has 0 fully saturated rings. The van der Waals surface area contributed by atoms with E-state index in [1.165, 1.54) is 10.8 Å². The molecule has 0 atom stereocenters. The number of furan rings is 1. The Labute approximate surface area is 400 Å². The molecule has 0 saturated heterocycles. The molecule has 326 valence electrons. The van der Waals surface area contributed by atoms with E-state index in [1.54, 1.807) is 0 Å². The van der Waals surface area contributed by atoms with Gasteiger partial charge in [0.2, 0.25) is 5.95 Å². The van der Waals surface area contributed by atoms with Crippen LogP contribution in [0.25, 0.3) is 139 Å². The minimum absolute atomic E-state index is 0.521. The van der Waals surface area contributed by atoms with Crippen LogP contribution in [0.5, 0.6) is 0 Å². The van der Waals surface area contributed by atoms with Crippen LogP contribution in [0.4, 0.5) is 0 Å². The number of para-hydroxylation sites is 4. The summed E-state index contributed by atoms with van der Waals surface area (Å²) in [6.07, 6.45) is 0. The summed E-state index contributed by atoms with van der Waals surface area (Å²) in [5.41, 5.74) is 14.3. The molecule has 0 amide bonds. The molecule has 7 nitrogen and oxygen atoms in total. The zero-order valence-corrected chi connectivity index (χ0v) is 37.5. The third kappa shape index (κ3) is 5.72. The van der Waals surface area contributed by atoms with Gasteiger partial charge in [0.05, 0.1) is 33.1 Å². The summed E-state index contributed by atoms with van der Waals surface area (Å²) >= 11 is 0. The second kappa shape index (κ2) is 15.0. The van der Waals surface area contributed by atoms with E-state index in [1.807, 2.05) is 42.5 Å². The number of hydrogen-bond donors (Lipinski definition) is 0. The van der Waals surface area contributed by atoms with Gasteiger partial charge in [0.25, 0.3) is 0 Å². The van der Waals surface area contributed by atoms with Crippen molar-refractivity contribution in [2.75, 3.05) is 0 Å². The maximum absolute atomic E-state index is 6.28. The Kier molecular flexibility index (Phi) is 8.23. The highest BCUT2D eigenvalue weighted by Gasteiger charge is 2.25. The van der Waals surface area contributed by atoms with Crippen LogP contribution in [0, 0.1) is 0 Å². The summed E-state index contributed by atoms with van der Waals surface area (Å²) in [7, 11) is 0. The van der Waals surface area contributed by atoms with Crippen LogP contribution < -0.4 is 0 Å². The Hall–Kier alpha value is -9.59. The zero-order chi connectivity index (χ0) is 45.9. The van der Waals surface area contributed by atoms with Crippen molar-refractivity contribution in [2.24, 2.45) is 0 Å². The molecule has 70 heavy (non-hydrogen) atoms. The number of benzene rings is 10. The van der Waals surface area contributed by atoms with E-state index in [9.17, 15) is 0 Å². The van der Waals surface area contributed by atoms with Gasteiger partial charge in [-0.25, -0.2) is 4.98 Å². The molecular weight excluding hydrogens is 857 g/mol. The van der Waals surface area contributed by atoms with Gasteiger partial charge in [0, 0.05) is 65.6 Å². The topological polar surface area (TPSA) is 66.6 Å². The number of hydrogen-bond acceptors (Lipinski definition) is 4. The molecule has 15 rings (SSSR count). The molecular formula is C63H38N6O. The summed E-state index contributed by atoms with van der Waals surface area (Å²) in [6, 6.07) is 81.6. The highest BCUT2D eigenvalue weighted by atomic mass is 16.3. The van der Waals surface area contributed by atoms with Crippen LogP contribution in [0.3, 0.4) is 0 Å². The molecule has 0 N–H and O–H groups in total. The molecule has 0 aliphatic heterocycles. The Morgan fingerprint density at radius 1 is 0.271 bits per heavy atom. The fourth-order valence-electron chi connectivity index (χ4n) is 11.0. The smallest absolute Gasteiger partial charge is 0.238 e. The number of aromatic nitrogens is 6. The molecule has 10 aromatic carbocycles. The fourth-order valence-corrected chi connectivity index (χ4v) is 11.0. The second-order valence-electron chi connectivity index (χ2n) is 18.0. The van der Waals surface area contributed by atoms with Crippen molar-refractivity contribution in [1.29, 1.82) is 0 Å². The maximum atomic E-state index is 6.28. The highest BCUT2D eigenvalue weighted by molar-refractivity contribution is 6.24. The van der Waals surface area contributed by atoms with Gasteiger partial charge in [0.15, 0.2) is 11.6 Å². The molecule has 0 saturated carbocycles. The van der Waals surface area contributed by atoms with Crippen LogP contribution in [-0.4, -0.2) is 28.7 Å². The van der Waals surface area contributed by atoms with Crippen molar-refractivity contribution in [1.82, 2.24) is 28.7 Å². The Morgan fingerprint density at radius 2 is 0.800 bits per heavy atom. The van der Waals surface area contributed by atoms with Gasteiger partial charge in [0.1, 0.15) is 11.2 Å². The van der Waals surface area contributed by atoms with Crippen molar-refractivity contribution in [2.45, 2.75) is 0 Å². The first-order chi connectivity index (χ1) is 34.7. The van der Waals surface area contributed by atoms with E-state index < -0.39 is 0 Å². The first-order valence-corrected chi connectivity index (χ1v) is 23.6. The summed E-state index contributed by atoms with van der Waals surface area (Å²) in [4.78, 5) is 16.2. The maximum Gasteiger partial charge on any atom is 0.238 e. The molecule has 0 aliphatic rings. The second-order valence-corrected chi connectivity index (χ2v) is 18.0. The lowest BCUT2D eigenvalue weighted by molar-refractivity contribution is 0.669. The summed E-state index contributed by atoms with van der Waals surface area (Å²) in [6.45, 7) is 0. The van der Waals surface area contributed by atoms with Crippen LogP contribution in [0.1, 0.15) is 0 Å². The van der Waals surface area contributed by atoms with Crippen LogP contribution >= 0.6 is 0 Å². The molecule has 0 spiro atoms. The molecule has 5 aromatic heterocycles. The SMILES string of the molecule is c1ccc(-c2cccc(-n3c4ccccc4c4ccc5c6cc(-n7c8ccccc8c8ccccc87)ccc6n(-c6nc(-c7ccccc7)nc(-c7ccc8oc9ccccc9c8c7)n6)c5c43)c2)cc1. The Morgan fingerprint density at radius 3 is 1.53 bits per heavy atom. The first kappa shape index (κ1) is 38.5. The zero-order valence-electron chi connectivity index (χ0n) is 37.5. The van der Waals surface area contributed by atoms with Crippen molar-refractivity contribution in [3.8, 4) is 51.2 Å². The Bertz CT molecular complexity index is 4540. The molecule has 0 bridgehead atoms. The van der Waals surface area contributed by atoms with E-state index in [-0.39, 0.29) is 0 Å². The molecule has 0 radical (unpaired) electrons. The van der Waals surface area contributed by atoms with Crippen molar-refractivity contribution in [3.63, 3.8) is 0 Å². The lowest BCUT2D eigenvalue weighted by atomic mass is 10.1. The molecule has 7 heteroatoms. The molecule has 5 heterocycles. The lowest BCUT2D eigenvalue weighted by Gasteiger charge is -2.14. The number of rotatable bonds is 6. The first-order valence-electron chi connectivity index (χ1n) is 23.6. The minimum atomic E-state index is 0.521. The van der Waals surface area contributed by atoms with Gasteiger partial charge >= 0.3 is 0 Å². The minimum Gasteiger partial charge on any atom is -0.456 e. The largest absolute Gasteiger partial charge is 0.456 e. The average molecular weight is 895 g/mol. The van der Waals surface area contributed by atoms with Crippen molar-refractivity contribution < 1.29 is 4.42 Å². The van der Waals surface area contributed by atoms with Gasteiger partial charge in [-0.05, 0) is 83.9 Å². The van der Waals surface area contributed by atoms with Gasteiger partial charge < -0.3 is 13.6 Å². The van der Waals surface area contributed by atoms with E-state index in [0.29, 0.717) is 17.6 Å². The number of fused-ring (bicyclic) bond motifs is 13. The molecule has 0 aliphatic carbocycles. The summed E-state index contributed by atoms with van der Waals surface area (Å²) in [5, 5.41) is 8.96. The van der Waals surface area contributed by atoms with Gasteiger partial charge in [-0.15, -0.1) is 0 Å².